The van der Waals surface area contributed by atoms with Gasteiger partial charge in [0.2, 0.25) is 33.4 Å². The fourth-order valence-corrected chi connectivity index (χ4v) is 19.0. The normalized spacial score (nSPS) is 17.7. The van der Waals surface area contributed by atoms with Crippen LogP contribution in [0.4, 0.5) is 30.2 Å². The summed E-state index contributed by atoms with van der Waals surface area (Å²) in [4.78, 5) is 51.0. The largest absolute Gasteiger partial charge is 0.480 e. The number of aliphatic carboxylic acids is 1. The third-order valence-corrected chi connectivity index (χ3v) is 26.4. The third kappa shape index (κ3) is 25.1. The lowest BCUT2D eigenvalue weighted by molar-refractivity contribution is -0.438. The van der Waals surface area contributed by atoms with Gasteiger partial charge < -0.3 is 40.7 Å². The van der Waals surface area contributed by atoms with Crippen LogP contribution >= 0.6 is 0 Å². The molecule has 39 heteroatoms. The van der Waals surface area contributed by atoms with Crippen LogP contribution in [0.2, 0.25) is 0 Å². The van der Waals surface area contributed by atoms with Crippen LogP contribution in [-0.2, 0) is 101 Å². The van der Waals surface area contributed by atoms with Crippen LogP contribution < -0.4 is 36.0 Å². The molecule has 2 aliphatic heterocycles. The van der Waals surface area contributed by atoms with E-state index in [4.69, 9.17) is 14.6 Å². The maximum Gasteiger partial charge on any atom is 0.326 e. The number of benzene rings is 4. The molecule has 11 N–H and O–H groups in total. The van der Waals surface area contributed by atoms with Gasteiger partial charge in [-0.2, -0.15) is 38.2 Å². The highest BCUT2D eigenvalue weighted by Crippen LogP contribution is 2.50. The van der Waals surface area contributed by atoms with E-state index in [9.17, 15) is 93.0 Å². The number of halogens is 3. The van der Waals surface area contributed by atoms with Crippen molar-refractivity contribution >= 4 is 107 Å². The Bertz CT molecular complexity index is 5220. The molecular weight excluding hydrogens is 1630 g/mol. The number of primary sulfonamides is 1. The summed E-state index contributed by atoms with van der Waals surface area (Å²) in [5, 5.41) is 25.8. The van der Waals surface area contributed by atoms with Gasteiger partial charge in [-0.1, -0.05) is 78.0 Å². The second-order valence-corrected chi connectivity index (χ2v) is 40.0. The van der Waals surface area contributed by atoms with E-state index in [1.165, 1.54) is 24.3 Å². The van der Waals surface area contributed by atoms with Crippen LogP contribution in [0.15, 0.2) is 127 Å². The van der Waals surface area contributed by atoms with Crippen molar-refractivity contribution < 1.29 is 120 Å². The lowest BCUT2D eigenvalue weighted by Crippen LogP contribution is -2.52. The average Bonchev–Trinajstić information content (AvgIpc) is 1.71. The highest BCUT2D eigenvalue weighted by Gasteiger charge is 2.46. The lowest BCUT2D eigenvalue weighted by Gasteiger charge is -2.27. The number of carbonyl (C=O) groups is 4. The molecule has 0 bridgehead atoms. The van der Waals surface area contributed by atoms with Crippen LogP contribution in [-0.4, -0.2) is 176 Å². The van der Waals surface area contributed by atoms with Crippen molar-refractivity contribution in [3.8, 4) is 5.75 Å². The van der Waals surface area contributed by atoms with Gasteiger partial charge in [-0.25, -0.2) is 39.9 Å². The van der Waals surface area contributed by atoms with Crippen LogP contribution in [0.5, 0.6) is 5.75 Å². The SMILES string of the molecule is CC(C)C[C@H](NC(=O)CCCOCCNC(=O)CCS(=O)(=O)c1c(F)c(F)c(S(N)(=O)=O)c(F)c1NC1CCCCCCC1)C(=O)N[C@@H](Cc1ccc(OC2=C(/C=C/C3=[N+](CCCCS(=O)(=O)O)c4ccc(S(=O)(=O)O)cc4C3(C)C)CCC/C2=C\C=C2\N(CCCCS(=O)(=O)O)c3ccc(S(=O)(=O)O)cc3C2(C)C)cc1)C(=O)O. The number of sulfonamides is 1. The molecule has 8 rings (SSSR count). The van der Waals surface area contributed by atoms with Gasteiger partial charge in [0.1, 0.15) is 35.0 Å². The Morgan fingerprint density at radius 2 is 1.26 bits per heavy atom. The minimum absolute atomic E-state index is 0.0452. The number of nitrogens with two attached hydrogens (primary N) is 1. The number of nitrogens with zero attached hydrogens (tertiary/aromatic N) is 2. The molecule has 4 aliphatic rings. The van der Waals surface area contributed by atoms with E-state index < -0.39 is 170 Å². The number of hydrogen-bond acceptors (Lipinski definition) is 20. The second kappa shape index (κ2) is 38.6. The molecule has 0 aromatic heterocycles. The number of anilines is 2. The van der Waals surface area contributed by atoms with E-state index in [0.717, 1.165) is 19.3 Å². The maximum atomic E-state index is 15.9. The number of hydrogen-bond donors (Lipinski definition) is 10. The van der Waals surface area contributed by atoms with E-state index in [1.807, 2.05) is 61.5 Å². The summed E-state index contributed by atoms with van der Waals surface area (Å²) in [7, 11) is -28.2. The van der Waals surface area contributed by atoms with Gasteiger partial charge in [0.25, 0.3) is 40.5 Å². The quantitative estimate of drug-likeness (QED) is 0.00859. The summed E-state index contributed by atoms with van der Waals surface area (Å²) in [5.74, 6) is -11.8. The maximum absolute atomic E-state index is 15.9. The smallest absolute Gasteiger partial charge is 0.326 e. The summed E-state index contributed by atoms with van der Waals surface area (Å²) in [6, 6.07) is 11.4. The number of carboxylic acid groups (broad SMARTS) is 1. The van der Waals surface area contributed by atoms with Crippen molar-refractivity contribution in [2.24, 2.45) is 11.1 Å². The standard InChI is InChI=1S/C76H100F3N7O23S6/c1-48(2)44-58(83-65(88)22-17-39-108-40-36-81-64(87)35-43-110(92,93)72-67(78)66(77)71(113(80,100)101)68(79)69(72)82-52-20-10-8-7-9-11-21-52)73(89)84-59(74(90)91)45-49-23-27-53(28-24-49)109-70-50(25-33-62-75(3,4)56-46-54(114(102,103)104)29-31-60(56)85(62)37-12-14-41-111(94,95)96)18-16-19-51(70)26-34-63-76(5,6)57-47-55(115(105,106)107)30-32-61(57)86(63)38-13-15-42-112(97,98)99/h23-34,46-48,52,58-59,82H,7-22,35-45H2,1-6H3,(H9-,80,81,83,84,87,88,89,90,91,94,95,96,97,98,99,100,101,102,103,104,105,106,107)/p+1/t58-,59-/m0/s1. The molecule has 30 nitrogen and oxygen atoms in total. The molecule has 0 unspecified atom stereocenters. The second-order valence-electron chi connectivity index (χ2n) is 30.5. The monoisotopic (exact) mass is 1730 g/mol. The predicted molar refractivity (Wildman–Crippen MR) is 422 cm³/mol. The van der Waals surface area contributed by atoms with Gasteiger partial charge in [0.05, 0.1) is 44.8 Å². The van der Waals surface area contributed by atoms with Crippen LogP contribution in [0.25, 0.3) is 0 Å². The Morgan fingerprint density at radius 1 is 0.652 bits per heavy atom. The lowest BCUT2D eigenvalue weighted by atomic mass is 9.81. The zero-order valence-electron chi connectivity index (χ0n) is 64.6. The van der Waals surface area contributed by atoms with Gasteiger partial charge in [-0.05, 0) is 161 Å². The molecule has 4 aromatic rings. The minimum Gasteiger partial charge on any atom is -0.480 e. The van der Waals surface area contributed by atoms with E-state index in [2.05, 4.69) is 21.3 Å². The fraction of sp³-hybridized carbons (Fsp3) is 0.513. The van der Waals surface area contributed by atoms with Gasteiger partial charge in [0, 0.05) is 85.9 Å². The molecule has 0 radical (unpaired) electrons. The number of amides is 3. The molecule has 4 aromatic carbocycles. The molecule has 3 amide bonds. The summed E-state index contributed by atoms with van der Waals surface area (Å²) in [5.41, 5.74) is 2.21. The van der Waals surface area contributed by atoms with Crippen molar-refractivity contribution in [2.45, 2.75) is 212 Å². The van der Waals surface area contributed by atoms with Gasteiger partial charge in [-0.15, -0.1) is 0 Å². The van der Waals surface area contributed by atoms with Gasteiger partial charge >= 0.3 is 5.97 Å². The minimum atomic E-state index is -5.23. The number of carbonyl (C=O) groups excluding carboxylic acids is 3. The summed E-state index contributed by atoms with van der Waals surface area (Å²) < 4.78 is 249. The molecule has 0 spiro atoms. The Morgan fingerprint density at radius 3 is 1.87 bits per heavy atom. The highest BCUT2D eigenvalue weighted by atomic mass is 32.2. The Labute approximate surface area is 669 Å². The number of nitrogens with one attached hydrogen (secondary N) is 4. The van der Waals surface area contributed by atoms with Crippen molar-refractivity contribution in [3.05, 3.63) is 142 Å². The first-order valence-corrected chi connectivity index (χ1v) is 46.9. The number of rotatable bonds is 39. The molecular formula is C76H101F3N7O23S6+. The van der Waals surface area contributed by atoms with E-state index in [0.29, 0.717) is 101 Å². The number of unbranched alkanes of at least 4 members (excludes halogenated alkanes) is 2. The summed E-state index contributed by atoms with van der Waals surface area (Å²) >= 11 is 0. The third-order valence-electron chi connectivity index (χ3n) is 20.5. The number of ether oxygens (including phenoxy) is 2. The van der Waals surface area contributed by atoms with Crippen molar-refractivity contribution in [1.82, 2.24) is 16.0 Å². The van der Waals surface area contributed by atoms with Crippen LogP contribution in [0.3, 0.4) is 0 Å². The molecule has 2 aliphatic carbocycles. The molecule has 1 fully saturated rings. The van der Waals surface area contributed by atoms with Crippen molar-refractivity contribution in [1.29, 1.82) is 0 Å². The Kier molecular flexibility index (Phi) is 31.1. The molecule has 634 valence electrons. The van der Waals surface area contributed by atoms with Crippen molar-refractivity contribution in [3.63, 3.8) is 0 Å². The van der Waals surface area contributed by atoms with E-state index in [1.54, 1.807) is 50.2 Å². The predicted octanol–water partition coefficient (Wildman–Crippen LogP) is 9.58. The topological polar surface area (TPSA) is 473 Å². The Hall–Kier alpha value is -7.96. The molecule has 1 saturated carbocycles. The van der Waals surface area contributed by atoms with Crippen molar-refractivity contribution in [2.75, 3.05) is 60.3 Å². The highest BCUT2D eigenvalue weighted by molar-refractivity contribution is 7.91. The van der Waals surface area contributed by atoms with Gasteiger partial charge in [0.15, 0.2) is 37.9 Å². The van der Waals surface area contributed by atoms with E-state index in [-0.39, 0.29) is 106 Å². The zero-order valence-corrected chi connectivity index (χ0v) is 69.5. The fourth-order valence-electron chi connectivity index (χ4n) is 14.6. The summed E-state index contributed by atoms with van der Waals surface area (Å²) in [6.45, 7) is 11.0. The average molecular weight is 1730 g/mol. The van der Waals surface area contributed by atoms with Gasteiger partial charge in [-0.3, -0.25) is 32.6 Å². The molecule has 2 atom stereocenters. The first-order chi connectivity index (χ1) is 53.6. The number of allylic oxidation sites excluding steroid dienone is 7. The number of fused-ring (bicyclic) bond motifs is 2. The van der Waals surface area contributed by atoms with E-state index >= 15 is 13.2 Å². The van der Waals surface area contributed by atoms with Crippen LogP contribution in [0.1, 0.15) is 174 Å². The Balaban J connectivity index is 0.961. The zero-order chi connectivity index (χ0) is 85.0. The first kappa shape index (κ1) is 92.5. The summed E-state index contributed by atoms with van der Waals surface area (Å²) in [6.07, 6.45) is 13.0. The first-order valence-electron chi connectivity index (χ1n) is 37.6. The number of carboxylic acids is 1. The number of sulfone groups is 1. The molecule has 115 heavy (non-hydrogen) atoms. The molecule has 0 saturated heterocycles. The van der Waals surface area contributed by atoms with Crippen LogP contribution in [0, 0.1) is 23.4 Å². The molecule has 2 heterocycles.